The second-order valence-corrected chi connectivity index (χ2v) is 7.83. The molecule has 2 rings (SSSR count). The van der Waals surface area contributed by atoms with Gasteiger partial charge in [-0.1, -0.05) is 25.8 Å². The molecule has 3 N–H and O–H groups in total. The van der Waals surface area contributed by atoms with Crippen LogP contribution >= 0.6 is 34.6 Å². The molecule has 9 heteroatoms. The summed E-state index contributed by atoms with van der Waals surface area (Å²) in [5.74, 6) is -0.253. The number of hydrogen-bond donors (Lipinski definition) is 3. The highest BCUT2D eigenvalue weighted by Crippen LogP contribution is 2.32. The third kappa shape index (κ3) is 5.50. The lowest BCUT2D eigenvalue weighted by molar-refractivity contribution is 0.0694. The van der Waals surface area contributed by atoms with E-state index < -0.39 is 12.0 Å². The van der Waals surface area contributed by atoms with E-state index in [-0.39, 0.29) is 10.6 Å². The number of nitrogens with one attached hydrogen (secondary N) is 2. The van der Waals surface area contributed by atoms with E-state index in [1.54, 1.807) is 11.3 Å². The Labute approximate surface area is 152 Å². The highest BCUT2D eigenvalue weighted by molar-refractivity contribution is 7.99. The molecular weight excluding hydrogens is 366 g/mol. The Bertz CT molecular complexity index is 671. The number of amides is 2. The van der Waals surface area contributed by atoms with Gasteiger partial charge < -0.3 is 10.4 Å². The summed E-state index contributed by atoms with van der Waals surface area (Å²) in [6.07, 6.45) is 3.23. The molecule has 2 aromatic rings. The van der Waals surface area contributed by atoms with Gasteiger partial charge in [-0.2, -0.15) is 4.37 Å². The van der Waals surface area contributed by atoms with Gasteiger partial charge in [0.15, 0.2) is 0 Å². The largest absolute Gasteiger partial charge is 0.477 e. The average Bonchev–Trinajstić information content (AvgIpc) is 3.19. The fraction of sp³-hybridized carbons (Fsp3) is 0.400. The molecule has 0 saturated carbocycles. The van der Waals surface area contributed by atoms with Gasteiger partial charge in [-0.15, -0.1) is 23.1 Å². The van der Waals surface area contributed by atoms with Crippen molar-refractivity contribution in [3.05, 3.63) is 28.0 Å². The number of carbonyl (C=O) groups excluding carboxylic acids is 1. The maximum absolute atomic E-state index is 12.0. The van der Waals surface area contributed by atoms with Gasteiger partial charge in [-0.25, -0.2) is 9.59 Å². The van der Waals surface area contributed by atoms with Crippen LogP contribution in [0.5, 0.6) is 0 Å². The summed E-state index contributed by atoms with van der Waals surface area (Å²) in [6.45, 7) is 2.52. The number of anilines is 1. The lowest BCUT2D eigenvalue weighted by Gasteiger charge is -2.06. The fourth-order valence-corrected chi connectivity index (χ4v) is 4.48. The zero-order valence-corrected chi connectivity index (χ0v) is 15.7. The number of rotatable bonds is 9. The normalized spacial score (nSPS) is 10.5. The lowest BCUT2D eigenvalue weighted by Crippen LogP contribution is -2.28. The molecule has 0 atom stereocenters. The molecule has 2 aromatic heterocycles. The van der Waals surface area contributed by atoms with Gasteiger partial charge in [-0.05, 0) is 35.2 Å². The van der Waals surface area contributed by atoms with E-state index in [0.717, 1.165) is 41.4 Å². The summed E-state index contributed by atoms with van der Waals surface area (Å²) in [5.41, 5.74) is 0.0766. The van der Waals surface area contributed by atoms with Crippen LogP contribution in [0.1, 0.15) is 41.4 Å². The van der Waals surface area contributed by atoms with Gasteiger partial charge in [0.25, 0.3) is 0 Å². The number of urea groups is 1. The average molecular weight is 386 g/mol. The highest BCUT2D eigenvalue weighted by Gasteiger charge is 2.22. The second-order valence-electron chi connectivity index (χ2n) is 4.94. The first kappa shape index (κ1) is 18.8. The first-order chi connectivity index (χ1) is 11.6. The summed E-state index contributed by atoms with van der Waals surface area (Å²) in [5, 5.41) is 17.4. The number of unbranched alkanes of at least 4 members (excludes halogenated alkanes) is 2. The first-order valence-corrected chi connectivity index (χ1v) is 10.2. The van der Waals surface area contributed by atoms with E-state index in [9.17, 15) is 14.7 Å². The number of nitrogens with zero attached hydrogens (tertiary/aromatic N) is 1. The van der Waals surface area contributed by atoms with Crippen molar-refractivity contribution in [3.63, 3.8) is 0 Å². The van der Waals surface area contributed by atoms with Gasteiger partial charge in [0.05, 0.1) is 6.54 Å². The zero-order valence-electron chi connectivity index (χ0n) is 13.2. The predicted octanol–water partition coefficient (Wildman–Crippen LogP) is 4.51. The molecule has 2 heterocycles. The van der Waals surface area contributed by atoms with E-state index in [2.05, 4.69) is 21.9 Å². The Hall–Kier alpha value is -1.58. The summed E-state index contributed by atoms with van der Waals surface area (Å²) in [4.78, 5) is 24.5. The van der Waals surface area contributed by atoms with Crippen molar-refractivity contribution in [1.29, 1.82) is 0 Å². The van der Waals surface area contributed by atoms with Crippen molar-refractivity contribution >= 4 is 51.6 Å². The quantitative estimate of drug-likeness (QED) is 0.436. The van der Waals surface area contributed by atoms with Crippen LogP contribution in [0.2, 0.25) is 0 Å². The van der Waals surface area contributed by atoms with Crippen LogP contribution in [0.3, 0.4) is 0 Å². The van der Waals surface area contributed by atoms with E-state index in [4.69, 9.17) is 0 Å². The molecule has 24 heavy (non-hydrogen) atoms. The molecule has 0 bridgehead atoms. The molecule has 130 valence electrons. The van der Waals surface area contributed by atoms with Crippen LogP contribution in [0.25, 0.3) is 0 Å². The Morgan fingerprint density at radius 1 is 1.38 bits per heavy atom. The third-order valence-electron chi connectivity index (χ3n) is 3.09. The minimum Gasteiger partial charge on any atom is -0.477 e. The number of aromatic carboxylic acids is 1. The van der Waals surface area contributed by atoms with Gasteiger partial charge >= 0.3 is 12.0 Å². The molecule has 6 nitrogen and oxygen atoms in total. The van der Waals surface area contributed by atoms with Gasteiger partial charge in [-0.3, -0.25) is 5.32 Å². The number of thioether (sulfide) groups is 1. The van der Waals surface area contributed by atoms with Crippen LogP contribution in [0, 0.1) is 0 Å². The van der Waals surface area contributed by atoms with Crippen LogP contribution in [-0.2, 0) is 6.54 Å². The second kappa shape index (κ2) is 9.65. The molecule has 0 spiro atoms. The van der Waals surface area contributed by atoms with Crippen LogP contribution in [-0.4, -0.2) is 27.2 Å². The van der Waals surface area contributed by atoms with E-state index in [0.29, 0.717) is 11.6 Å². The SMILES string of the molecule is CCCCCSc1nsc(NC(=O)NCc2cccs2)c1C(=O)O. The number of carboxylic acids is 1. The van der Waals surface area contributed by atoms with E-state index in [1.807, 2.05) is 17.5 Å². The Morgan fingerprint density at radius 3 is 2.88 bits per heavy atom. The number of carbonyl (C=O) groups is 2. The third-order valence-corrected chi connectivity index (χ3v) is 5.91. The van der Waals surface area contributed by atoms with Crippen LogP contribution < -0.4 is 10.6 Å². The minimum absolute atomic E-state index is 0.0766. The van der Waals surface area contributed by atoms with Crippen LogP contribution in [0.15, 0.2) is 22.5 Å². The molecular formula is C15H19N3O3S3. The number of carboxylic acid groups (broad SMARTS) is 1. The summed E-state index contributed by atoms with van der Waals surface area (Å²) >= 11 is 3.97. The molecule has 0 aliphatic rings. The highest BCUT2D eigenvalue weighted by atomic mass is 32.2. The lowest BCUT2D eigenvalue weighted by atomic mass is 10.3. The predicted molar refractivity (Wildman–Crippen MR) is 99.5 cm³/mol. The minimum atomic E-state index is -1.07. The van der Waals surface area contributed by atoms with Gasteiger partial charge in [0.1, 0.15) is 15.6 Å². The Balaban J connectivity index is 1.94. The van der Waals surface area contributed by atoms with Crippen molar-refractivity contribution in [3.8, 4) is 0 Å². The van der Waals surface area contributed by atoms with E-state index in [1.165, 1.54) is 11.8 Å². The molecule has 0 saturated heterocycles. The first-order valence-electron chi connectivity index (χ1n) is 7.54. The van der Waals surface area contributed by atoms with Crippen molar-refractivity contribution in [1.82, 2.24) is 9.69 Å². The molecule has 0 fully saturated rings. The smallest absolute Gasteiger partial charge is 0.341 e. The molecule has 0 aromatic carbocycles. The van der Waals surface area contributed by atoms with Gasteiger partial charge in [0.2, 0.25) is 0 Å². The zero-order chi connectivity index (χ0) is 17.4. The van der Waals surface area contributed by atoms with E-state index >= 15 is 0 Å². The van der Waals surface area contributed by atoms with Gasteiger partial charge in [0, 0.05) is 4.88 Å². The van der Waals surface area contributed by atoms with Crippen molar-refractivity contribution in [2.75, 3.05) is 11.1 Å². The maximum Gasteiger partial charge on any atom is 0.341 e. The maximum atomic E-state index is 12.0. The number of aromatic nitrogens is 1. The van der Waals surface area contributed by atoms with Crippen molar-refractivity contribution in [2.45, 2.75) is 37.8 Å². The Morgan fingerprint density at radius 2 is 2.21 bits per heavy atom. The topological polar surface area (TPSA) is 91.3 Å². The molecule has 0 aliphatic heterocycles. The number of thiophene rings is 1. The fourth-order valence-electron chi connectivity index (χ4n) is 1.90. The summed E-state index contributed by atoms with van der Waals surface area (Å²) in [7, 11) is 0. The molecule has 0 unspecified atom stereocenters. The standard InChI is InChI=1S/C15H19N3O3S3/c1-2-3-4-7-23-13-11(14(19)20)12(24-18-13)17-15(21)16-9-10-6-5-8-22-10/h5-6,8H,2-4,7,9H2,1H3,(H,19,20)(H2,16,17,21). The monoisotopic (exact) mass is 385 g/mol. The summed E-state index contributed by atoms with van der Waals surface area (Å²) < 4.78 is 4.18. The Kier molecular flexibility index (Phi) is 7.54. The van der Waals surface area contributed by atoms with Crippen molar-refractivity contribution < 1.29 is 14.7 Å². The van der Waals surface area contributed by atoms with Crippen LogP contribution in [0.4, 0.5) is 9.80 Å². The number of hydrogen-bond acceptors (Lipinski definition) is 6. The molecule has 0 radical (unpaired) electrons. The molecule has 0 aliphatic carbocycles. The van der Waals surface area contributed by atoms with Crippen molar-refractivity contribution in [2.24, 2.45) is 0 Å². The molecule has 2 amide bonds. The summed E-state index contributed by atoms with van der Waals surface area (Å²) in [6, 6.07) is 3.40.